The van der Waals surface area contributed by atoms with Crippen LogP contribution in [0.2, 0.25) is 0 Å². The predicted octanol–water partition coefficient (Wildman–Crippen LogP) is 1.30. The zero-order valence-electron chi connectivity index (χ0n) is 14.2. The van der Waals surface area contributed by atoms with Crippen molar-refractivity contribution in [1.29, 1.82) is 0 Å². The van der Waals surface area contributed by atoms with E-state index in [4.69, 9.17) is 0 Å². The van der Waals surface area contributed by atoms with Crippen molar-refractivity contribution in [2.24, 2.45) is 0 Å². The van der Waals surface area contributed by atoms with Gasteiger partial charge in [-0.3, -0.25) is 4.79 Å². The molecule has 0 aliphatic carbocycles. The van der Waals surface area contributed by atoms with Gasteiger partial charge in [-0.25, -0.2) is 28.4 Å². The molecule has 8 nitrogen and oxygen atoms in total. The van der Waals surface area contributed by atoms with E-state index in [2.05, 4.69) is 20.1 Å². The molecule has 1 saturated heterocycles. The van der Waals surface area contributed by atoms with Crippen molar-refractivity contribution in [3.63, 3.8) is 0 Å². The number of hydrogen-bond acceptors (Lipinski definition) is 6. The number of amides is 1. The van der Waals surface area contributed by atoms with E-state index < -0.39 is 17.5 Å². The normalized spacial score (nSPS) is 14.4. The van der Waals surface area contributed by atoms with Crippen LogP contribution in [0.5, 0.6) is 0 Å². The van der Waals surface area contributed by atoms with E-state index >= 15 is 0 Å². The molecule has 1 amide bonds. The zero-order valence-corrected chi connectivity index (χ0v) is 14.2. The molecule has 0 bridgehead atoms. The highest BCUT2D eigenvalue weighted by Crippen LogP contribution is 2.18. The first-order chi connectivity index (χ1) is 13.1. The summed E-state index contributed by atoms with van der Waals surface area (Å²) in [4.78, 5) is 28.4. The van der Waals surface area contributed by atoms with Crippen LogP contribution in [0.1, 0.15) is 10.4 Å². The Kier molecular flexibility index (Phi) is 4.45. The first-order valence-electron chi connectivity index (χ1n) is 8.28. The van der Waals surface area contributed by atoms with E-state index in [1.165, 1.54) is 23.4 Å². The third-order valence-electron chi connectivity index (χ3n) is 4.34. The molecule has 0 saturated carbocycles. The highest BCUT2D eigenvalue weighted by Gasteiger charge is 2.25. The minimum Gasteiger partial charge on any atom is -0.353 e. The van der Waals surface area contributed by atoms with Gasteiger partial charge in [0.05, 0.1) is 5.56 Å². The average Bonchev–Trinajstić information content (AvgIpc) is 3.23. The van der Waals surface area contributed by atoms with Crippen molar-refractivity contribution in [2.75, 3.05) is 31.1 Å². The van der Waals surface area contributed by atoms with Gasteiger partial charge in [-0.2, -0.15) is 5.10 Å². The van der Waals surface area contributed by atoms with Gasteiger partial charge in [0.25, 0.3) is 5.91 Å². The van der Waals surface area contributed by atoms with E-state index in [-0.39, 0.29) is 5.56 Å². The molecular formula is C17H15F2N7O. The topological polar surface area (TPSA) is 80.0 Å². The van der Waals surface area contributed by atoms with Crippen molar-refractivity contribution in [3.8, 4) is 5.82 Å². The summed E-state index contributed by atoms with van der Waals surface area (Å²) in [6.45, 7) is 1.86. The van der Waals surface area contributed by atoms with Gasteiger partial charge in [-0.05, 0) is 12.1 Å². The number of nitrogens with zero attached hydrogens (tertiary/aromatic N) is 7. The molecule has 3 heterocycles. The molecule has 0 N–H and O–H groups in total. The van der Waals surface area contributed by atoms with Crippen molar-refractivity contribution in [2.45, 2.75) is 0 Å². The number of carbonyl (C=O) groups excluding carboxylic acids is 1. The van der Waals surface area contributed by atoms with Gasteiger partial charge in [0, 0.05) is 38.3 Å². The molecule has 0 radical (unpaired) electrons. The van der Waals surface area contributed by atoms with Crippen LogP contribution in [0.25, 0.3) is 5.82 Å². The maximum atomic E-state index is 13.8. The summed E-state index contributed by atoms with van der Waals surface area (Å²) in [7, 11) is 0. The highest BCUT2D eigenvalue weighted by atomic mass is 19.1. The van der Waals surface area contributed by atoms with Crippen LogP contribution < -0.4 is 4.90 Å². The summed E-state index contributed by atoms with van der Waals surface area (Å²) < 4.78 is 28.4. The van der Waals surface area contributed by atoms with E-state index in [1.807, 2.05) is 4.90 Å². The van der Waals surface area contributed by atoms with Gasteiger partial charge in [0.1, 0.15) is 36.4 Å². The Labute approximate surface area is 153 Å². The molecule has 4 rings (SSSR count). The SMILES string of the molecule is O=C(c1ccc(F)cc1F)N1CCN(c2cc(-n3cncn3)ncn2)CC1. The van der Waals surface area contributed by atoms with Gasteiger partial charge in [0.2, 0.25) is 0 Å². The van der Waals surface area contributed by atoms with Crippen molar-refractivity contribution in [1.82, 2.24) is 29.6 Å². The van der Waals surface area contributed by atoms with Gasteiger partial charge in [-0.15, -0.1) is 0 Å². The second-order valence-corrected chi connectivity index (χ2v) is 5.98. The van der Waals surface area contributed by atoms with E-state index in [0.717, 1.165) is 12.1 Å². The van der Waals surface area contributed by atoms with Crippen molar-refractivity contribution < 1.29 is 13.6 Å². The molecule has 0 unspecified atom stereocenters. The molecule has 1 aliphatic heterocycles. The van der Waals surface area contributed by atoms with E-state index in [9.17, 15) is 13.6 Å². The monoisotopic (exact) mass is 371 g/mol. The van der Waals surface area contributed by atoms with Crippen LogP contribution in [-0.2, 0) is 0 Å². The number of anilines is 1. The zero-order chi connectivity index (χ0) is 18.8. The first-order valence-corrected chi connectivity index (χ1v) is 8.28. The molecule has 2 aromatic heterocycles. The standard InChI is InChI=1S/C17H15F2N7O/c18-12-1-2-13(14(19)7-12)17(27)25-5-3-24(4-6-25)15-8-16(22-10-21-15)26-11-20-9-23-26/h1-2,7-11H,3-6H2. The molecule has 1 fully saturated rings. The average molecular weight is 371 g/mol. The summed E-state index contributed by atoms with van der Waals surface area (Å²) in [5.74, 6) is -0.713. The summed E-state index contributed by atoms with van der Waals surface area (Å²) in [5, 5.41) is 4.04. The third-order valence-corrected chi connectivity index (χ3v) is 4.34. The van der Waals surface area contributed by atoms with Crippen molar-refractivity contribution in [3.05, 3.63) is 60.4 Å². The van der Waals surface area contributed by atoms with Crippen LogP contribution in [0.4, 0.5) is 14.6 Å². The molecule has 27 heavy (non-hydrogen) atoms. The van der Waals surface area contributed by atoms with Crippen LogP contribution in [0.15, 0.2) is 43.2 Å². The Balaban J connectivity index is 1.45. The van der Waals surface area contributed by atoms with Gasteiger partial charge >= 0.3 is 0 Å². The molecule has 3 aromatic rings. The quantitative estimate of drug-likeness (QED) is 0.690. The molecule has 1 aromatic carbocycles. The van der Waals surface area contributed by atoms with Gasteiger partial charge in [-0.1, -0.05) is 0 Å². The number of rotatable bonds is 3. The number of aromatic nitrogens is 5. The molecule has 138 valence electrons. The molecule has 10 heteroatoms. The number of piperazine rings is 1. The highest BCUT2D eigenvalue weighted by molar-refractivity contribution is 5.94. The Bertz CT molecular complexity index is 956. The lowest BCUT2D eigenvalue weighted by atomic mass is 10.1. The van der Waals surface area contributed by atoms with E-state index in [0.29, 0.717) is 37.8 Å². The lowest BCUT2D eigenvalue weighted by Gasteiger charge is -2.35. The second-order valence-electron chi connectivity index (χ2n) is 5.98. The minimum absolute atomic E-state index is 0.125. The fourth-order valence-electron chi connectivity index (χ4n) is 2.93. The van der Waals surface area contributed by atoms with Crippen LogP contribution in [-0.4, -0.2) is 61.7 Å². The minimum atomic E-state index is -0.851. The third kappa shape index (κ3) is 3.46. The number of carbonyl (C=O) groups is 1. The fraction of sp³-hybridized carbons (Fsp3) is 0.235. The fourth-order valence-corrected chi connectivity index (χ4v) is 2.93. The molecule has 0 atom stereocenters. The van der Waals surface area contributed by atoms with Gasteiger partial charge < -0.3 is 9.80 Å². The number of hydrogen-bond donors (Lipinski definition) is 0. The Morgan fingerprint density at radius 2 is 1.74 bits per heavy atom. The Morgan fingerprint density at radius 1 is 0.963 bits per heavy atom. The van der Waals surface area contributed by atoms with Crippen LogP contribution in [0, 0.1) is 11.6 Å². The summed E-state index contributed by atoms with van der Waals surface area (Å²) in [5.41, 5.74) is -0.125. The summed E-state index contributed by atoms with van der Waals surface area (Å²) in [6.07, 6.45) is 4.40. The maximum Gasteiger partial charge on any atom is 0.256 e. The van der Waals surface area contributed by atoms with Gasteiger partial charge in [0.15, 0.2) is 5.82 Å². The van der Waals surface area contributed by atoms with Crippen LogP contribution in [0.3, 0.4) is 0 Å². The summed E-state index contributed by atoms with van der Waals surface area (Å²) >= 11 is 0. The maximum absolute atomic E-state index is 13.8. The van der Waals surface area contributed by atoms with Crippen LogP contribution >= 0.6 is 0 Å². The lowest BCUT2D eigenvalue weighted by molar-refractivity contribution is 0.0741. The smallest absolute Gasteiger partial charge is 0.256 e. The predicted molar refractivity (Wildman–Crippen MR) is 91.4 cm³/mol. The Morgan fingerprint density at radius 3 is 2.44 bits per heavy atom. The number of benzene rings is 1. The number of halogens is 2. The van der Waals surface area contributed by atoms with E-state index in [1.54, 1.807) is 17.3 Å². The second kappa shape index (κ2) is 7.06. The largest absolute Gasteiger partial charge is 0.353 e. The lowest BCUT2D eigenvalue weighted by Crippen LogP contribution is -2.49. The molecule has 0 spiro atoms. The Hall–Kier alpha value is -3.43. The van der Waals surface area contributed by atoms with Crippen molar-refractivity contribution >= 4 is 11.7 Å². The molecule has 1 aliphatic rings. The molecular weight excluding hydrogens is 356 g/mol. The first kappa shape index (κ1) is 17.0. The summed E-state index contributed by atoms with van der Waals surface area (Å²) in [6, 6.07) is 4.76.